The van der Waals surface area contributed by atoms with Gasteiger partial charge in [-0.1, -0.05) is 15.9 Å². The van der Waals surface area contributed by atoms with Gasteiger partial charge >= 0.3 is 0 Å². The molecule has 0 saturated heterocycles. The van der Waals surface area contributed by atoms with Gasteiger partial charge in [0.1, 0.15) is 0 Å². The zero-order chi connectivity index (χ0) is 14.0. The van der Waals surface area contributed by atoms with Gasteiger partial charge in [0.15, 0.2) is 0 Å². The van der Waals surface area contributed by atoms with E-state index in [-0.39, 0.29) is 17.9 Å². The molecule has 1 aromatic rings. The van der Waals surface area contributed by atoms with Gasteiger partial charge in [0, 0.05) is 28.9 Å². The number of hydrogen-bond acceptors (Lipinski definition) is 3. The zero-order valence-electron chi connectivity index (χ0n) is 11.0. The minimum atomic E-state index is -0.102. The van der Waals surface area contributed by atoms with Gasteiger partial charge in [0.2, 0.25) is 0 Å². The quantitative estimate of drug-likeness (QED) is 0.726. The number of nitrogens with one attached hydrogen (secondary N) is 1. The summed E-state index contributed by atoms with van der Waals surface area (Å²) >= 11 is 3.35. The number of nitrogens with two attached hydrogens (primary N) is 1. The van der Waals surface area contributed by atoms with Crippen molar-refractivity contribution in [2.24, 2.45) is 5.41 Å². The third-order valence-electron chi connectivity index (χ3n) is 3.88. The average molecular weight is 327 g/mol. The predicted molar refractivity (Wildman–Crippen MR) is 79.0 cm³/mol. The molecule has 4 nitrogen and oxygen atoms in total. The molecule has 0 aromatic heterocycles. The van der Waals surface area contributed by atoms with E-state index in [9.17, 15) is 4.79 Å². The fourth-order valence-corrected chi connectivity index (χ4v) is 2.70. The molecule has 2 rings (SSSR count). The number of anilines is 1. The summed E-state index contributed by atoms with van der Waals surface area (Å²) in [5.74, 6) is -0.102. The molecule has 0 spiro atoms. The molecule has 19 heavy (non-hydrogen) atoms. The van der Waals surface area contributed by atoms with Crippen molar-refractivity contribution in [2.75, 3.05) is 18.9 Å². The van der Waals surface area contributed by atoms with Gasteiger partial charge in [-0.2, -0.15) is 0 Å². The molecule has 0 bridgehead atoms. The molecule has 1 saturated carbocycles. The first-order valence-electron chi connectivity index (χ1n) is 6.42. The molecule has 0 atom stereocenters. The first kappa shape index (κ1) is 14.3. The van der Waals surface area contributed by atoms with Crippen molar-refractivity contribution in [3.05, 3.63) is 27.7 Å². The Hall–Kier alpha value is -1.07. The number of aliphatic hydroxyl groups excluding tert-OH is 1. The van der Waals surface area contributed by atoms with Gasteiger partial charge in [0.05, 0.1) is 0 Å². The number of aliphatic hydroxyl groups is 1. The second kappa shape index (κ2) is 5.51. The predicted octanol–water partition coefficient (Wildman–Crippen LogP) is 2.23. The zero-order valence-corrected chi connectivity index (χ0v) is 12.6. The van der Waals surface area contributed by atoms with Crippen LogP contribution in [0, 0.1) is 12.3 Å². The molecular formula is C14H19BrN2O2. The number of amides is 1. The molecule has 0 aliphatic heterocycles. The van der Waals surface area contributed by atoms with Crippen molar-refractivity contribution in [3.8, 4) is 0 Å². The molecule has 1 fully saturated rings. The van der Waals surface area contributed by atoms with Crippen LogP contribution in [0.5, 0.6) is 0 Å². The molecule has 0 heterocycles. The fourth-order valence-electron chi connectivity index (χ4n) is 2.23. The molecule has 0 radical (unpaired) electrons. The molecule has 104 valence electrons. The maximum absolute atomic E-state index is 12.2. The van der Waals surface area contributed by atoms with E-state index in [0.29, 0.717) is 17.8 Å². The van der Waals surface area contributed by atoms with Crippen LogP contribution < -0.4 is 11.1 Å². The van der Waals surface area contributed by atoms with E-state index in [2.05, 4.69) is 21.2 Å². The average Bonchev–Trinajstić information content (AvgIpc) is 3.12. The van der Waals surface area contributed by atoms with Crippen LogP contribution in [0.2, 0.25) is 0 Å². The minimum absolute atomic E-state index is 0.102. The normalized spacial score (nSPS) is 16.2. The van der Waals surface area contributed by atoms with Crippen LogP contribution in [0.3, 0.4) is 0 Å². The highest BCUT2D eigenvalue weighted by molar-refractivity contribution is 9.10. The molecule has 0 unspecified atom stereocenters. The molecular weight excluding hydrogens is 308 g/mol. The lowest BCUT2D eigenvalue weighted by Gasteiger charge is -2.16. The SMILES string of the molecule is Cc1c(N)cc(Br)cc1C(=O)NCC1(CCO)CC1. The van der Waals surface area contributed by atoms with E-state index in [1.807, 2.05) is 6.92 Å². The van der Waals surface area contributed by atoms with Crippen LogP contribution in [-0.2, 0) is 0 Å². The Balaban J connectivity index is 2.04. The molecule has 4 N–H and O–H groups in total. The summed E-state index contributed by atoms with van der Waals surface area (Å²) < 4.78 is 0.803. The van der Waals surface area contributed by atoms with Crippen molar-refractivity contribution in [1.82, 2.24) is 5.32 Å². The van der Waals surface area contributed by atoms with Crippen molar-refractivity contribution >= 4 is 27.5 Å². The number of hydrogen-bond donors (Lipinski definition) is 3. The Morgan fingerprint density at radius 1 is 1.53 bits per heavy atom. The van der Waals surface area contributed by atoms with Gasteiger partial charge < -0.3 is 16.2 Å². The summed E-state index contributed by atoms with van der Waals surface area (Å²) in [7, 11) is 0. The Kier molecular flexibility index (Phi) is 4.16. The molecule has 1 amide bonds. The van der Waals surface area contributed by atoms with Crippen molar-refractivity contribution in [2.45, 2.75) is 26.2 Å². The topological polar surface area (TPSA) is 75.4 Å². The van der Waals surface area contributed by atoms with E-state index in [1.165, 1.54) is 0 Å². The number of carbonyl (C=O) groups is 1. The molecule has 5 heteroatoms. The number of halogens is 1. The molecule has 1 aliphatic carbocycles. The minimum Gasteiger partial charge on any atom is -0.398 e. The van der Waals surface area contributed by atoms with Crippen LogP contribution in [-0.4, -0.2) is 24.2 Å². The van der Waals surface area contributed by atoms with Crippen LogP contribution in [0.4, 0.5) is 5.69 Å². The number of nitrogen functional groups attached to an aromatic ring is 1. The maximum Gasteiger partial charge on any atom is 0.251 e. The summed E-state index contributed by atoms with van der Waals surface area (Å²) in [5.41, 5.74) is 7.99. The summed E-state index contributed by atoms with van der Waals surface area (Å²) in [5, 5.41) is 12.0. The van der Waals surface area contributed by atoms with Gasteiger partial charge in [-0.25, -0.2) is 0 Å². The van der Waals surface area contributed by atoms with Gasteiger partial charge in [-0.15, -0.1) is 0 Å². The highest BCUT2D eigenvalue weighted by Gasteiger charge is 2.41. The summed E-state index contributed by atoms with van der Waals surface area (Å²) in [4.78, 5) is 12.2. The van der Waals surface area contributed by atoms with Crippen LogP contribution >= 0.6 is 15.9 Å². The van der Waals surface area contributed by atoms with E-state index in [1.54, 1.807) is 12.1 Å². The fraction of sp³-hybridized carbons (Fsp3) is 0.500. The molecule has 1 aliphatic rings. The van der Waals surface area contributed by atoms with Crippen molar-refractivity contribution in [3.63, 3.8) is 0 Å². The number of benzene rings is 1. The first-order chi connectivity index (χ1) is 8.97. The summed E-state index contributed by atoms with van der Waals surface area (Å²) in [6.45, 7) is 2.65. The van der Waals surface area contributed by atoms with Crippen molar-refractivity contribution in [1.29, 1.82) is 0 Å². The highest BCUT2D eigenvalue weighted by atomic mass is 79.9. The van der Waals surface area contributed by atoms with Gasteiger partial charge in [-0.05, 0) is 49.3 Å². The third kappa shape index (κ3) is 3.28. The second-order valence-electron chi connectivity index (χ2n) is 5.32. The smallest absolute Gasteiger partial charge is 0.251 e. The first-order valence-corrected chi connectivity index (χ1v) is 7.21. The standard InChI is InChI=1S/C14H19BrN2O2/c1-9-11(6-10(15)7-12(9)16)13(19)17-8-14(2-3-14)4-5-18/h6-7,18H,2-5,8,16H2,1H3,(H,17,19). The summed E-state index contributed by atoms with van der Waals surface area (Å²) in [6, 6.07) is 3.58. The van der Waals surface area contributed by atoms with Crippen LogP contribution in [0.15, 0.2) is 16.6 Å². The number of carbonyl (C=O) groups excluding carboxylic acids is 1. The van der Waals surface area contributed by atoms with E-state index < -0.39 is 0 Å². The third-order valence-corrected chi connectivity index (χ3v) is 4.34. The maximum atomic E-state index is 12.2. The van der Waals surface area contributed by atoms with Crippen LogP contribution in [0.25, 0.3) is 0 Å². The Labute approximate surface area is 121 Å². The van der Waals surface area contributed by atoms with E-state index >= 15 is 0 Å². The largest absolute Gasteiger partial charge is 0.398 e. The monoisotopic (exact) mass is 326 g/mol. The summed E-state index contributed by atoms with van der Waals surface area (Å²) in [6.07, 6.45) is 2.91. The van der Waals surface area contributed by atoms with E-state index in [0.717, 1.165) is 29.3 Å². The lowest BCUT2D eigenvalue weighted by Crippen LogP contribution is -2.31. The van der Waals surface area contributed by atoms with E-state index in [4.69, 9.17) is 10.8 Å². The van der Waals surface area contributed by atoms with Gasteiger partial charge in [-0.3, -0.25) is 4.79 Å². The lowest BCUT2D eigenvalue weighted by atomic mass is 10.0. The Morgan fingerprint density at radius 2 is 2.21 bits per heavy atom. The Morgan fingerprint density at radius 3 is 2.79 bits per heavy atom. The molecule has 1 aromatic carbocycles. The Bertz CT molecular complexity index is 498. The second-order valence-corrected chi connectivity index (χ2v) is 6.24. The van der Waals surface area contributed by atoms with Gasteiger partial charge in [0.25, 0.3) is 5.91 Å². The van der Waals surface area contributed by atoms with Crippen LogP contribution in [0.1, 0.15) is 35.2 Å². The highest BCUT2D eigenvalue weighted by Crippen LogP contribution is 2.47. The number of rotatable bonds is 5. The van der Waals surface area contributed by atoms with Crippen molar-refractivity contribution < 1.29 is 9.90 Å². The lowest BCUT2D eigenvalue weighted by molar-refractivity contribution is 0.0940.